The highest BCUT2D eigenvalue weighted by molar-refractivity contribution is 7.89. The van der Waals surface area contributed by atoms with E-state index in [4.69, 9.17) is 16.7 Å². The zero-order chi connectivity index (χ0) is 16.3. The number of carboxylic acids is 1. The molecule has 0 spiro atoms. The Hall–Kier alpha value is -1.90. The SMILES string of the molecule is Cn1c(Cl)cnc1S(=O)(=O)N[C@@H](CC(=O)O)c1ccccc1. The number of carbonyl (C=O) groups is 1. The first-order chi connectivity index (χ1) is 10.3. The van der Waals surface area contributed by atoms with Gasteiger partial charge in [-0.05, 0) is 5.56 Å². The highest BCUT2D eigenvalue weighted by Gasteiger charge is 2.27. The third-order valence-corrected chi connectivity index (χ3v) is 4.81. The summed E-state index contributed by atoms with van der Waals surface area (Å²) in [7, 11) is -2.55. The molecule has 0 aliphatic heterocycles. The minimum atomic E-state index is -4.01. The Balaban J connectivity index is 2.34. The van der Waals surface area contributed by atoms with Crippen LogP contribution in [0.3, 0.4) is 0 Å². The summed E-state index contributed by atoms with van der Waals surface area (Å²) in [6.07, 6.45) is 0.826. The van der Waals surface area contributed by atoms with Crippen molar-refractivity contribution in [2.45, 2.75) is 17.6 Å². The molecule has 118 valence electrons. The van der Waals surface area contributed by atoms with Crippen LogP contribution >= 0.6 is 11.6 Å². The van der Waals surface area contributed by atoms with E-state index in [1.54, 1.807) is 30.3 Å². The number of hydrogen-bond acceptors (Lipinski definition) is 4. The predicted molar refractivity (Wildman–Crippen MR) is 80.0 cm³/mol. The molecule has 0 saturated heterocycles. The first-order valence-electron chi connectivity index (χ1n) is 6.27. The summed E-state index contributed by atoms with van der Waals surface area (Å²) in [5.41, 5.74) is 0.550. The lowest BCUT2D eigenvalue weighted by molar-refractivity contribution is -0.137. The van der Waals surface area contributed by atoms with E-state index in [-0.39, 0.29) is 16.7 Å². The Kier molecular flexibility index (Phi) is 4.84. The van der Waals surface area contributed by atoms with Crippen molar-refractivity contribution in [3.8, 4) is 0 Å². The van der Waals surface area contributed by atoms with Crippen molar-refractivity contribution < 1.29 is 18.3 Å². The molecule has 0 saturated carbocycles. The summed E-state index contributed by atoms with van der Waals surface area (Å²) < 4.78 is 28.3. The summed E-state index contributed by atoms with van der Waals surface area (Å²) in [5.74, 6) is -1.12. The molecule has 1 heterocycles. The van der Waals surface area contributed by atoms with Gasteiger partial charge in [-0.1, -0.05) is 41.9 Å². The topological polar surface area (TPSA) is 101 Å². The van der Waals surface area contributed by atoms with Crippen LogP contribution in [0.15, 0.2) is 41.7 Å². The van der Waals surface area contributed by atoms with Crippen LogP contribution in [-0.4, -0.2) is 29.0 Å². The van der Waals surface area contributed by atoms with E-state index in [2.05, 4.69) is 9.71 Å². The smallest absolute Gasteiger partial charge is 0.305 e. The molecule has 0 bridgehead atoms. The van der Waals surface area contributed by atoms with Gasteiger partial charge in [0.25, 0.3) is 10.0 Å². The van der Waals surface area contributed by atoms with E-state index in [1.165, 1.54) is 17.8 Å². The second-order valence-corrected chi connectivity index (χ2v) is 6.60. The Bertz CT molecular complexity index is 774. The average Bonchev–Trinajstić information content (AvgIpc) is 2.79. The minimum Gasteiger partial charge on any atom is -0.481 e. The van der Waals surface area contributed by atoms with Crippen LogP contribution in [-0.2, 0) is 21.9 Å². The van der Waals surface area contributed by atoms with Gasteiger partial charge in [0.15, 0.2) is 0 Å². The largest absolute Gasteiger partial charge is 0.481 e. The van der Waals surface area contributed by atoms with Crippen molar-refractivity contribution in [1.82, 2.24) is 14.3 Å². The fourth-order valence-corrected chi connectivity index (χ4v) is 3.48. The molecular formula is C13H14ClN3O4S. The summed E-state index contributed by atoms with van der Waals surface area (Å²) in [4.78, 5) is 14.7. The molecule has 0 amide bonds. The quantitative estimate of drug-likeness (QED) is 0.829. The van der Waals surface area contributed by atoms with Gasteiger partial charge in [0, 0.05) is 7.05 Å². The number of nitrogens with zero attached hydrogens (tertiary/aromatic N) is 2. The van der Waals surface area contributed by atoms with Crippen molar-refractivity contribution in [3.05, 3.63) is 47.2 Å². The Labute approximate surface area is 132 Å². The van der Waals surface area contributed by atoms with Gasteiger partial charge < -0.3 is 9.67 Å². The van der Waals surface area contributed by atoms with Crippen LogP contribution < -0.4 is 4.72 Å². The van der Waals surface area contributed by atoms with Crippen molar-refractivity contribution in [2.75, 3.05) is 0 Å². The third-order valence-electron chi connectivity index (χ3n) is 3.01. The van der Waals surface area contributed by atoms with Gasteiger partial charge in [0.2, 0.25) is 5.16 Å². The monoisotopic (exact) mass is 343 g/mol. The molecular weight excluding hydrogens is 330 g/mol. The van der Waals surface area contributed by atoms with E-state index in [0.29, 0.717) is 5.56 Å². The molecule has 9 heteroatoms. The summed E-state index contributed by atoms with van der Waals surface area (Å²) in [5, 5.41) is 8.88. The van der Waals surface area contributed by atoms with Gasteiger partial charge in [-0.3, -0.25) is 4.79 Å². The van der Waals surface area contributed by atoms with Crippen LogP contribution in [0.2, 0.25) is 5.15 Å². The number of halogens is 1. The zero-order valence-electron chi connectivity index (χ0n) is 11.6. The van der Waals surface area contributed by atoms with Gasteiger partial charge in [0.05, 0.1) is 18.7 Å². The third kappa shape index (κ3) is 3.65. The van der Waals surface area contributed by atoms with E-state index in [9.17, 15) is 13.2 Å². The summed E-state index contributed by atoms with van der Waals surface area (Å²) >= 11 is 5.79. The number of aromatic nitrogens is 2. The number of benzene rings is 1. The van der Waals surface area contributed by atoms with Gasteiger partial charge >= 0.3 is 5.97 Å². The van der Waals surface area contributed by atoms with Crippen LogP contribution in [0, 0.1) is 0 Å². The molecule has 2 N–H and O–H groups in total. The number of carboxylic acid groups (broad SMARTS) is 1. The number of rotatable bonds is 6. The standard InChI is InChI=1S/C13H14ClN3O4S/c1-17-11(14)8-15-13(17)22(20,21)16-10(7-12(18)19)9-5-3-2-4-6-9/h2-6,8,10,16H,7H2,1H3,(H,18,19)/t10-/m0/s1. The van der Waals surface area contributed by atoms with E-state index < -0.39 is 22.0 Å². The van der Waals surface area contributed by atoms with Crippen LogP contribution in [0.1, 0.15) is 18.0 Å². The maximum Gasteiger partial charge on any atom is 0.305 e. The van der Waals surface area contributed by atoms with Gasteiger partial charge in [-0.2, -0.15) is 0 Å². The molecule has 0 fully saturated rings. The highest BCUT2D eigenvalue weighted by atomic mass is 35.5. The first kappa shape index (κ1) is 16.5. The van der Waals surface area contributed by atoms with Crippen LogP contribution in [0.5, 0.6) is 0 Å². The highest BCUT2D eigenvalue weighted by Crippen LogP contribution is 2.21. The lowest BCUT2D eigenvalue weighted by Gasteiger charge is -2.17. The molecule has 1 atom stereocenters. The van der Waals surface area contributed by atoms with E-state index in [0.717, 1.165) is 0 Å². The first-order valence-corrected chi connectivity index (χ1v) is 8.13. The molecule has 2 aromatic rings. The average molecular weight is 344 g/mol. The van der Waals surface area contributed by atoms with Gasteiger partial charge in [-0.25, -0.2) is 18.1 Å². The zero-order valence-corrected chi connectivity index (χ0v) is 13.2. The molecule has 0 aliphatic rings. The number of hydrogen-bond donors (Lipinski definition) is 2. The van der Waals surface area contributed by atoms with Crippen molar-refractivity contribution in [3.63, 3.8) is 0 Å². The second-order valence-electron chi connectivity index (χ2n) is 4.60. The van der Waals surface area contributed by atoms with Crippen molar-refractivity contribution >= 4 is 27.6 Å². The summed E-state index contributed by atoms with van der Waals surface area (Å²) in [6.45, 7) is 0. The molecule has 2 rings (SSSR count). The molecule has 0 aliphatic carbocycles. The number of sulfonamides is 1. The molecule has 1 aromatic carbocycles. The molecule has 22 heavy (non-hydrogen) atoms. The van der Waals surface area contributed by atoms with Gasteiger partial charge in [-0.15, -0.1) is 0 Å². The normalized spacial score (nSPS) is 13.0. The van der Waals surface area contributed by atoms with E-state index in [1.807, 2.05) is 0 Å². The number of imidazole rings is 1. The lowest BCUT2D eigenvalue weighted by atomic mass is 10.1. The van der Waals surface area contributed by atoms with Crippen molar-refractivity contribution in [2.24, 2.45) is 7.05 Å². The van der Waals surface area contributed by atoms with Crippen LogP contribution in [0.25, 0.3) is 0 Å². The number of aliphatic carboxylic acids is 1. The van der Waals surface area contributed by atoms with Gasteiger partial charge in [0.1, 0.15) is 5.15 Å². The predicted octanol–water partition coefficient (Wildman–Crippen LogP) is 1.57. The van der Waals surface area contributed by atoms with Crippen molar-refractivity contribution in [1.29, 1.82) is 0 Å². The second kappa shape index (κ2) is 6.47. The molecule has 0 radical (unpaired) electrons. The fourth-order valence-electron chi connectivity index (χ4n) is 1.95. The summed E-state index contributed by atoms with van der Waals surface area (Å²) in [6, 6.07) is 7.57. The minimum absolute atomic E-state index is 0.162. The maximum atomic E-state index is 12.4. The fraction of sp³-hybridized carbons (Fsp3) is 0.231. The van der Waals surface area contributed by atoms with Crippen LogP contribution in [0.4, 0.5) is 0 Å². The molecule has 1 aromatic heterocycles. The Morgan fingerprint density at radius 2 is 2.05 bits per heavy atom. The Morgan fingerprint density at radius 3 is 2.55 bits per heavy atom. The molecule has 7 nitrogen and oxygen atoms in total. The van der Waals surface area contributed by atoms with E-state index >= 15 is 0 Å². The maximum absolute atomic E-state index is 12.4. The lowest BCUT2D eigenvalue weighted by Crippen LogP contribution is -2.32. The molecule has 0 unspecified atom stereocenters. The number of nitrogens with one attached hydrogen (secondary N) is 1. The Morgan fingerprint density at radius 1 is 1.41 bits per heavy atom.